The second kappa shape index (κ2) is 9.60. The Bertz CT molecular complexity index is 1420. The Kier molecular flexibility index (Phi) is 6.21. The molecule has 1 aromatic carbocycles. The van der Waals surface area contributed by atoms with Crippen LogP contribution in [0.25, 0.3) is 34.2 Å². The molecule has 0 radical (unpaired) electrons. The van der Waals surface area contributed by atoms with Crippen LogP contribution in [0.3, 0.4) is 0 Å². The number of nitrogens with zero attached hydrogens (tertiary/aromatic N) is 3. The fourth-order valence-corrected chi connectivity index (χ4v) is 4.80. The number of carbonyl (C=O) groups excluding carboxylic acids is 1. The summed E-state index contributed by atoms with van der Waals surface area (Å²) in [4.78, 5) is 35.6. The van der Waals surface area contributed by atoms with Crippen molar-refractivity contribution < 1.29 is 18.6 Å². The van der Waals surface area contributed by atoms with Crippen molar-refractivity contribution in [3.63, 3.8) is 0 Å². The number of nitrogens with one attached hydrogen (secondary N) is 2. The van der Waals surface area contributed by atoms with Gasteiger partial charge in [-0.25, -0.2) is 9.97 Å². The molecule has 0 aliphatic rings. The van der Waals surface area contributed by atoms with Gasteiger partial charge in [0, 0.05) is 23.1 Å². The van der Waals surface area contributed by atoms with Crippen LogP contribution in [-0.2, 0) is 4.79 Å². The molecule has 10 nitrogen and oxygen atoms in total. The zero-order chi connectivity index (χ0) is 24.4. The molecule has 0 bridgehead atoms. The van der Waals surface area contributed by atoms with E-state index in [1.807, 2.05) is 6.07 Å². The van der Waals surface area contributed by atoms with Gasteiger partial charge in [0.25, 0.3) is 5.69 Å². The molecule has 4 heterocycles. The second-order valence-electron chi connectivity index (χ2n) is 7.31. The number of thiazole rings is 1. The number of benzene rings is 1. The quantitative estimate of drug-likeness (QED) is 0.146. The fourth-order valence-electron chi connectivity index (χ4n) is 3.27. The van der Waals surface area contributed by atoms with E-state index in [0.29, 0.717) is 44.5 Å². The third kappa shape index (κ3) is 4.88. The Morgan fingerprint density at radius 3 is 2.63 bits per heavy atom. The third-order valence-electron chi connectivity index (χ3n) is 4.95. The maximum atomic E-state index is 12.8. The predicted octanol–water partition coefficient (Wildman–Crippen LogP) is 6.08. The summed E-state index contributed by atoms with van der Waals surface area (Å²) in [7, 11) is 0. The monoisotopic (exact) mass is 507 g/mol. The molecule has 1 unspecified atom stereocenters. The number of aromatic amines is 1. The summed E-state index contributed by atoms with van der Waals surface area (Å²) < 4.78 is 11.0. The van der Waals surface area contributed by atoms with Gasteiger partial charge in [-0.2, -0.15) is 0 Å². The van der Waals surface area contributed by atoms with Crippen molar-refractivity contribution in [2.75, 3.05) is 5.32 Å². The van der Waals surface area contributed by atoms with E-state index in [4.69, 9.17) is 8.83 Å². The van der Waals surface area contributed by atoms with Gasteiger partial charge >= 0.3 is 0 Å². The molecule has 0 spiro atoms. The molecule has 1 atom stereocenters. The molecule has 176 valence electrons. The highest BCUT2D eigenvalue weighted by atomic mass is 32.2. The number of furan rings is 2. The lowest BCUT2D eigenvalue weighted by Gasteiger charge is -2.08. The first kappa shape index (κ1) is 22.6. The average Bonchev–Trinajstić information content (AvgIpc) is 3.66. The molecule has 0 aliphatic carbocycles. The Hall–Kier alpha value is -4.16. The zero-order valence-electron chi connectivity index (χ0n) is 18.1. The van der Waals surface area contributed by atoms with Crippen LogP contribution < -0.4 is 5.32 Å². The topological polar surface area (TPSA) is 140 Å². The minimum Gasteiger partial charge on any atom is -0.463 e. The number of thioether (sulfide) groups is 1. The van der Waals surface area contributed by atoms with Gasteiger partial charge < -0.3 is 19.1 Å². The molecule has 12 heteroatoms. The summed E-state index contributed by atoms with van der Waals surface area (Å²) in [5, 5.41) is 16.0. The first-order valence-corrected chi connectivity index (χ1v) is 12.1. The molecule has 4 aromatic heterocycles. The summed E-state index contributed by atoms with van der Waals surface area (Å²) in [5.41, 5.74) is 2.37. The average molecular weight is 508 g/mol. The normalized spacial score (nSPS) is 11.9. The van der Waals surface area contributed by atoms with Crippen LogP contribution in [0.15, 0.2) is 80.4 Å². The molecule has 5 aromatic rings. The first-order valence-electron chi connectivity index (χ1n) is 10.3. The van der Waals surface area contributed by atoms with Crippen LogP contribution in [0.4, 0.5) is 10.8 Å². The number of hydrogen-bond donors (Lipinski definition) is 2. The van der Waals surface area contributed by atoms with Gasteiger partial charge in [0.2, 0.25) is 5.91 Å². The summed E-state index contributed by atoms with van der Waals surface area (Å²) in [6, 6.07) is 13.4. The molecule has 0 saturated carbocycles. The van der Waals surface area contributed by atoms with Crippen molar-refractivity contribution in [1.29, 1.82) is 0 Å². The minimum atomic E-state index is -0.500. The van der Waals surface area contributed by atoms with Gasteiger partial charge in [-0.15, -0.1) is 11.3 Å². The van der Waals surface area contributed by atoms with Gasteiger partial charge in [0.1, 0.15) is 11.4 Å². The van der Waals surface area contributed by atoms with Crippen molar-refractivity contribution in [2.45, 2.75) is 17.3 Å². The van der Waals surface area contributed by atoms with E-state index >= 15 is 0 Å². The van der Waals surface area contributed by atoms with Crippen LogP contribution in [-0.4, -0.2) is 31.0 Å². The van der Waals surface area contributed by atoms with Crippen molar-refractivity contribution in [2.24, 2.45) is 0 Å². The minimum absolute atomic E-state index is 0.0209. The molecule has 2 N–H and O–H groups in total. The van der Waals surface area contributed by atoms with Crippen molar-refractivity contribution >= 4 is 39.8 Å². The zero-order valence-corrected chi connectivity index (χ0v) is 19.8. The van der Waals surface area contributed by atoms with Crippen LogP contribution in [0.1, 0.15) is 6.92 Å². The highest BCUT2D eigenvalue weighted by Crippen LogP contribution is 2.35. The standard InChI is InChI=1S/C23H17N5O5S2/c1-13(21(29)27-22-24-16(12-34-22)14-5-2-6-15(11-14)28(30)31)35-23-25-19(17-7-3-9-32-17)20(26-23)18-8-4-10-33-18/h2-13H,1H3,(H,25,26)(H,24,27,29). The van der Waals surface area contributed by atoms with Crippen LogP contribution in [0.2, 0.25) is 0 Å². The van der Waals surface area contributed by atoms with Gasteiger partial charge in [-0.1, -0.05) is 23.9 Å². The number of amides is 1. The molecule has 0 aliphatic heterocycles. The number of anilines is 1. The lowest BCUT2D eigenvalue weighted by Crippen LogP contribution is -2.22. The smallest absolute Gasteiger partial charge is 0.270 e. The number of hydrogen-bond acceptors (Lipinski definition) is 9. The Morgan fingerprint density at radius 1 is 1.14 bits per heavy atom. The maximum absolute atomic E-state index is 12.8. The van der Waals surface area contributed by atoms with Crippen molar-refractivity contribution in [3.05, 3.63) is 76.6 Å². The van der Waals surface area contributed by atoms with Gasteiger partial charge in [-0.3, -0.25) is 14.9 Å². The van der Waals surface area contributed by atoms with Gasteiger partial charge in [0.15, 0.2) is 21.8 Å². The van der Waals surface area contributed by atoms with E-state index in [9.17, 15) is 14.9 Å². The van der Waals surface area contributed by atoms with E-state index in [1.165, 1.54) is 35.2 Å². The maximum Gasteiger partial charge on any atom is 0.270 e. The Labute approximate surface area is 206 Å². The van der Waals surface area contributed by atoms with Gasteiger partial charge in [-0.05, 0) is 31.2 Å². The summed E-state index contributed by atoms with van der Waals surface area (Å²) in [6.07, 6.45) is 3.13. The lowest BCUT2D eigenvalue weighted by atomic mass is 10.1. The number of H-pyrrole nitrogens is 1. The summed E-state index contributed by atoms with van der Waals surface area (Å²) >= 11 is 2.49. The number of nitro groups is 1. The lowest BCUT2D eigenvalue weighted by molar-refractivity contribution is -0.384. The van der Waals surface area contributed by atoms with Crippen LogP contribution in [0.5, 0.6) is 0 Å². The fraction of sp³-hybridized carbons (Fsp3) is 0.0870. The largest absolute Gasteiger partial charge is 0.463 e. The predicted molar refractivity (Wildman–Crippen MR) is 132 cm³/mol. The Morgan fingerprint density at radius 2 is 1.91 bits per heavy atom. The number of rotatable bonds is 8. The highest BCUT2D eigenvalue weighted by Gasteiger charge is 2.22. The molecule has 1 amide bonds. The molecule has 5 rings (SSSR count). The van der Waals surface area contributed by atoms with Crippen molar-refractivity contribution in [1.82, 2.24) is 15.0 Å². The molecule has 35 heavy (non-hydrogen) atoms. The van der Waals surface area contributed by atoms with Crippen molar-refractivity contribution in [3.8, 4) is 34.2 Å². The van der Waals surface area contributed by atoms with E-state index in [1.54, 1.807) is 55.2 Å². The molecule has 0 fully saturated rings. The number of aromatic nitrogens is 3. The van der Waals surface area contributed by atoms with Gasteiger partial charge in [0.05, 0.1) is 28.4 Å². The summed E-state index contributed by atoms with van der Waals surface area (Å²) in [6.45, 7) is 1.76. The molecular formula is C23H17N5O5S2. The Balaban J connectivity index is 1.30. The number of carbonyl (C=O) groups is 1. The molecule has 0 saturated heterocycles. The second-order valence-corrected chi connectivity index (χ2v) is 9.50. The number of non-ortho nitro benzene ring substituents is 1. The van der Waals surface area contributed by atoms with E-state index in [0.717, 1.165) is 0 Å². The van der Waals surface area contributed by atoms with E-state index < -0.39 is 10.2 Å². The van der Waals surface area contributed by atoms with Crippen LogP contribution in [0, 0.1) is 10.1 Å². The SMILES string of the molecule is CC(Sc1nc(-c2ccco2)c(-c2ccco2)[nH]1)C(=O)Nc1nc(-c2cccc([N+](=O)[O-])c2)cs1. The third-order valence-corrected chi connectivity index (χ3v) is 6.69. The van der Waals surface area contributed by atoms with Crippen LogP contribution >= 0.6 is 23.1 Å². The summed E-state index contributed by atoms with van der Waals surface area (Å²) in [5.74, 6) is 0.919. The first-order chi connectivity index (χ1) is 17.0. The highest BCUT2D eigenvalue weighted by molar-refractivity contribution is 8.00. The van der Waals surface area contributed by atoms with E-state index in [-0.39, 0.29) is 11.6 Å². The molecular weight excluding hydrogens is 490 g/mol. The van der Waals surface area contributed by atoms with E-state index in [2.05, 4.69) is 20.3 Å². The number of nitro benzene ring substituents is 1. The number of imidazole rings is 1.